The minimum absolute atomic E-state index is 0.219. The second kappa shape index (κ2) is 14.4. The summed E-state index contributed by atoms with van der Waals surface area (Å²) in [5.74, 6) is -0.393. The van der Waals surface area contributed by atoms with Crippen molar-refractivity contribution in [2.24, 2.45) is 0 Å². The third-order valence-corrected chi connectivity index (χ3v) is 3.44. The van der Waals surface area contributed by atoms with E-state index in [9.17, 15) is 4.79 Å². The number of esters is 1. The van der Waals surface area contributed by atoms with Gasteiger partial charge >= 0.3 is 5.97 Å². The molecule has 0 radical (unpaired) electrons. The van der Waals surface area contributed by atoms with Gasteiger partial charge in [0.1, 0.15) is 0 Å². The van der Waals surface area contributed by atoms with Crippen LogP contribution in [0.1, 0.15) is 25.8 Å². The Hall–Kier alpha value is -1.73. The highest BCUT2D eigenvalue weighted by Crippen LogP contribution is 2.08. The third kappa shape index (κ3) is 10.3. The molecular weight excluding hydrogens is 336 g/mol. The van der Waals surface area contributed by atoms with Crippen molar-refractivity contribution in [1.29, 1.82) is 0 Å². The second-order valence-corrected chi connectivity index (χ2v) is 5.46. The highest BCUT2D eigenvalue weighted by Gasteiger charge is 2.14. The zero-order valence-electron chi connectivity index (χ0n) is 15.9. The van der Waals surface area contributed by atoms with Gasteiger partial charge in [0, 0.05) is 19.3 Å². The summed E-state index contributed by atoms with van der Waals surface area (Å²) < 4.78 is 27.2. The molecule has 0 fully saturated rings. The number of rotatable bonds is 14. The van der Waals surface area contributed by atoms with E-state index in [4.69, 9.17) is 18.9 Å². The molecule has 0 amide bonds. The van der Waals surface area contributed by atoms with Crippen molar-refractivity contribution in [3.63, 3.8) is 0 Å². The molecule has 0 aliphatic carbocycles. The van der Waals surface area contributed by atoms with Crippen molar-refractivity contribution in [3.8, 4) is 0 Å². The standard InChI is InChI=1S/C20H30O6/c1-4-24-20(25-5-2)16-26-18(12-9-13-19(21)22-3)15-23-14-17-10-7-6-8-11-17/h6-11,13,18,20H,4-5,12,14-16H2,1-3H3. The second-order valence-electron chi connectivity index (χ2n) is 5.46. The summed E-state index contributed by atoms with van der Waals surface area (Å²) in [6.45, 7) is 6.11. The molecule has 0 aliphatic heterocycles. The molecule has 0 N–H and O–H groups in total. The van der Waals surface area contributed by atoms with Crippen molar-refractivity contribution in [3.05, 3.63) is 48.0 Å². The summed E-state index contributed by atoms with van der Waals surface area (Å²) in [6.07, 6.45) is 3.00. The van der Waals surface area contributed by atoms with Crippen LogP contribution in [0.15, 0.2) is 42.5 Å². The van der Waals surface area contributed by atoms with Crippen molar-refractivity contribution in [2.75, 3.05) is 33.5 Å². The van der Waals surface area contributed by atoms with Crippen LogP contribution in [0, 0.1) is 0 Å². The van der Waals surface area contributed by atoms with E-state index in [0.717, 1.165) is 5.56 Å². The minimum Gasteiger partial charge on any atom is -0.466 e. The van der Waals surface area contributed by atoms with Crippen LogP contribution in [0.3, 0.4) is 0 Å². The summed E-state index contributed by atoms with van der Waals surface area (Å²) in [6, 6.07) is 9.93. The topological polar surface area (TPSA) is 63.2 Å². The van der Waals surface area contributed by atoms with Crippen LogP contribution in [0.5, 0.6) is 0 Å². The molecule has 6 heteroatoms. The number of hydrogen-bond donors (Lipinski definition) is 0. The van der Waals surface area contributed by atoms with Crippen LogP contribution < -0.4 is 0 Å². The van der Waals surface area contributed by atoms with Gasteiger partial charge in [-0.05, 0) is 25.8 Å². The van der Waals surface area contributed by atoms with Gasteiger partial charge in [0.15, 0.2) is 6.29 Å². The summed E-state index contributed by atoms with van der Waals surface area (Å²) in [5, 5.41) is 0. The lowest BCUT2D eigenvalue weighted by Crippen LogP contribution is -2.29. The Morgan fingerprint density at radius 2 is 1.73 bits per heavy atom. The fraction of sp³-hybridized carbons (Fsp3) is 0.550. The van der Waals surface area contributed by atoms with E-state index in [1.807, 2.05) is 44.2 Å². The van der Waals surface area contributed by atoms with Gasteiger partial charge in [0.2, 0.25) is 0 Å². The van der Waals surface area contributed by atoms with Crippen LogP contribution in [-0.2, 0) is 35.1 Å². The maximum absolute atomic E-state index is 11.2. The average Bonchev–Trinajstić information content (AvgIpc) is 2.66. The largest absolute Gasteiger partial charge is 0.466 e. The van der Waals surface area contributed by atoms with Gasteiger partial charge in [-0.1, -0.05) is 36.4 Å². The highest BCUT2D eigenvalue weighted by atomic mass is 16.7. The molecule has 146 valence electrons. The Kier molecular flexibility index (Phi) is 12.4. The van der Waals surface area contributed by atoms with Gasteiger partial charge < -0.3 is 23.7 Å². The van der Waals surface area contributed by atoms with Gasteiger partial charge in [-0.15, -0.1) is 0 Å². The van der Waals surface area contributed by atoms with Gasteiger partial charge in [0.05, 0.1) is 33.0 Å². The molecule has 1 aromatic carbocycles. The van der Waals surface area contributed by atoms with E-state index in [-0.39, 0.29) is 6.10 Å². The van der Waals surface area contributed by atoms with Crippen LogP contribution in [0.25, 0.3) is 0 Å². The fourth-order valence-corrected chi connectivity index (χ4v) is 2.18. The van der Waals surface area contributed by atoms with Crippen LogP contribution in [0.2, 0.25) is 0 Å². The minimum atomic E-state index is -0.411. The molecule has 6 nitrogen and oxygen atoms in total. The van der Waals surface area contributed by atoms with Crippen molar-refractivity contribution < 1.29 is 28.5 Å². The van der Waals surface area contributed by atoms with Crippen LogP contribution >= 0.6 is 0 Å². The Balaban J connectivity index is 2.50. The van der Waals surface area contributed by atoms with E-state index < -0.39 is 12.3 Å². The number of ether oxygens (including phenoxy) is 5. The number of carbonyl (C=O) groups excluding carboxylic acids is 1. The molecule has 0 aromatic heterocycles. The first-order valence-corrected chi connectivity index (χ1v) is 8.90. The summed E-state index contributed by atoms with van der Waals surface area (Å²) in [5.41, 5.74) is 1.10. The van der Waals surface area contributed by atoms with Gasteiger partial charge in [0.25, 0.3) is 0 Å². The Morgan fingerprint density at radius 3 is 2.35 bits per heavy atom. The fourth-order valence-electron chi connectivity index (χ4n) is 2.18. The van der Waals surface area contributed by atoms with E-state index in [1.165, 1.54) is 13.2 Å². The Labute approximate surface area is 156 Å². The lowest BCUT2D eigenvalue weighted by Gasteiger charge is -2.21. The van der Waals surface area contributed by atoms with E-state index in [1.54, 1.807) is 6.08 Å². The summed E-state index contributed by atoms with van der Waals surface area (Å²) in [7, 11) is 1.35. The molecule has 0 heterocycles. The molecule has 26 heavy (non-hydrogen) atoms. The first kappa shape index (κ1) is 22.3. The molecular formula is C20H30O6. The molecule has 1 aromatic rings. The van der Waals surface area contributed by atoms with Gasteiger partial charge in [-0.25, -0.2) is 4.79 Å². The summed E-state index contributed by atoms with van der Waals surface area (Å²) >= 11 is 0. The van der Waals surface area contributed by atoms with Gasteiger partial charge in [-0.3, -0.25) is 0 Å². The van der Waals surface area contributed by atoms with Crippen molar-refractivity contribution in [1.82, 2.24) is 0 Å². The van der Waals surface area contributed by atoms with Crippen LogP contribution in [0.4, 0.5) is 0 Å². The number of hydrogen-bond acceptors (Lipinski definition) is 6. The first-order valence-electron chi connectivity index (χ1n) is 8.90. The first-order chi connectivity index (χ1) is 12.7. The number of carbonyl (C=O) groups is 1. The normalized spacial score (nSPS) is 12.6. The lowest BCUT2D eigenvalue weighted by atomic mass is 10.2. The third-order valence-electron chi connectivity index (χ3n) is 3.44. The molecule has 1 unspecified atom stereocenters. The van der Waals surface area contributed by atoms with Crippen molar-refractivity contribution >= 4 is 5.97 Å². The zero-order valence-corrected chi connectivity index (χ0v) is 15.9. The molecule has 0 aliphatic rings. The Bertz CT molecular complexity index is 496. The van der Waals surface area contributed by atoms with Crippen molar-refractivity contribution in [2.45, 2.75) is 39.3 Å². The molecule has 0 saturated heterocycles. The molecule has 0 spiro atoms. The quantitative estimate of drug-likeness (QED) is 0.286. The number of methoxy groups -OCH3 is 1. The predicted octanol–water partition coefficient (Wildman–Crippen LogP) is 3.11. The monoisotopic (exact) mass is 366 g/mol. The maximum atomic E-state index is 11.2. The highest BCUT2D eigenvalue weighted by molar-refractivity contribution is 5.81. The van der Waals surface area contributed by atoms with Crippen LogP contribution in [-0.4, -0.2) is 51.9 Å². The molecule has 1 rings (SSSR count). The average molecular weight is 366 g/mol. The molecule has 0 bridgehead atoms. The Morgan fingerprint density at radius 1 is 1.04 bits per heavy atom. The lowest BCUT2D eigenvalue weighted by molar-refractivity contribution is -0.180. The maximum Gasteiger partial charge on any atom is 0.330 e. The number of benzene rings is 1. The molecule has 0 saturated carbocycles. The smallest absolute Gasteiger partial charge is 0.330 e. The summed E-state index contributed by atoms with van der Waals surface area (Å²) in [4.78, 5) is 11.2. The zero-order chi connectivity index (χ0) is 19.0. The van der Waals surface area contributed by atoms with E-state index in [0.29, 0.717) is 39.5 Å². The van der Waals surface area contributed by atoms with E-state index in [2.05, 4.69) is 4.74 Å². The van der Waals surface area contributed by atoms with E-state index >= 15 is 0 Å². The predicted molar refractivity (Wildman–Crippen MR) is 98.7 cm³/mol. The molecule has 1 atom stereocenters. The van der Waals surface area contributed by atoms with Gasteiger partial charge in [-0.2, -0.15) is 0 Å². The SMILES string of the molecule is CCOC(COC(CC=CC(=O)OC)COCc1ccccc1)OCC.